The Morgan fingerprint density at radius 2 is 2.27 bits per heavy atom. The standard InChI is InChI=1S/C9H17NO/c1-4-10-6-5-8(11)9(10)7(2)3/h7,9H,4-6H2,1-3H3. The minimum Gasteiger partial charge on any atom is -0.298 e. The summed E-state index contributed by atoms with van der Waals surface area (Å²) in [5.74, 6) is 0.909. The zero-order valence-corrected chi connectivity index (χ0v) is 7.63. The molecular weight excluding hydrogens is 138 g/mol. The first-order chi connectivity index (χ1) is 5.16. The molecule has 0 aromatic heterocycles. The van der Waals surface area contributed by atoms with Crippen LogP contribution in [0.25, 0.3) is 0 Å². The highest BCUT2D eigenvalue weighted by Gasteiger charge is 2.32. The largest absolute Gasteiger partial charge is 0.298 e. The van der Waals surface area contributed by atoms with E-state index in [0.29, 0.717) is 11.7 Å². The number of carbonyl (C=O) groups is 1. The smallest absolute Gasteiger partial charge is 0.151 e. The van der Waals surface area contributed by atoms with Gasteiger partial charge in [-0.05, 0) is 12.5 Å². The molecule has 0 spiro atoms. The molecule has 1 fully saturated rings. The van der Waals surface area contributed by atoms with E-state index in [1.807, 2.05) is 0 Å². The monoisotopic (exact) mass is 155 g/mol. The number of likely N-dealkylation sites (tertiary alicyclic amines) is 1. The Kier molecular flexibility index (Phi) is 2.66. The van der Waals surface area contributed by atoms with Gasteiger partial charge in [-0.2, -0.15) is 0 Å². The molecule has 1 heterocycles. The van der Waals surface area contributed by atoms with Crippen molar-refractivity contribution in [3.63, 3.8) is 0 Å². The second-order valence-electron chi connectivity index (χ2n) is 3.53. The van der Waals surface area contributed by atoms with E-state index in [9.17, 15) is 4.79 Å². The maximum Gasteiger partial charge on any atom is 0.151 e. The van der Waals surface area contributed by atoms with E-state index < -0.39 is 0 Å². The van der Waals surface area contributed by atoms with Crippen molar-refractivity contribution in [2.75, 3.05) is 13.1 Å². The minimum atomic E-state index is 0.208. The van der Waals surface area contributed by atoms with Crippen molar-refractivity contribution < 1.29 is 4.79 Å². The van der Waals surface area contributed by atoms with E-state index in [-0.39, 0.29) is 6.04 Å². The van der Waals surface area contributed by atoms with Gasteiger partial charge in [0, 0.05) is 13.0 Å². The fourth-order valence-corrected chi connectivity index (χ4v) is 1.89. The van der Waals surface area contributed by atoms with Crippen LogP contribution in [0.3, 0.4) is 0 Å². The third-order valence-electron chi connectivity index (χ3n) is 2.41. The van der Waals surface area contributed by atoms with Crippen LogP contribution < -0.4 is 0 Å². The van der Waals surface area contributed by atoms with Crippen LogP contribution in [-0.4, -0.2) is 29.8 Å². The summed E-state index contributed by atoms with van der Waals surface area (Å²) in [7, 11) is 0. The molecule has 0 aromatic carbocycles. The number of hydrogen-bond donors (Lipinski definition) is 0. The van der Waals surface area contributed by atoms with Crippen molar-refractivity contribution in [1.29, 1.82) is 0 Å². The molecule has 0 amide bonds. The van der Waals surface area contributed by atoms with Gasteiger partial charge in [0.15, 0.2) is 5.78 Å². The lowest BCUT2D eigenvalue weighted by atomic mass is 10.0. The van der Waals surface area contributed by atoms with Crippen LogP contribution in [0.5, 0.6) is 0 Å². The molecule has 2 nitrogen and oxygen atoms in total. The van der Waals surface area contributed by atoms with E-state index in [1.165, 1.54) is 0 Å². The van der Waals surface area contributed by atoms with Crippen molar-refractivity contribution in [2.45, 2.75) is 33.2 Å². The predicted octanol–water partition coefficient (Wildman–Crippen LogP) is 1.31. The number of carbonyl (C=O) groups excluding carboxylic acids is 1. The lowest BCUT2D eigenvalue weighted by Gasteiger charge is -2.24. The quantitative estimate of drug-likeness (QED) is 0.599. The maximum absolute atomic E-state index is 11.3. The summed E-state index contributed by atoms with van der Waals surface area (Å²) in [6.45, 7) is 8.34. The Bertz CT molecular complexity index is 154. The molecule has 2 heteroatoms. The van der Waals surface area contributed by atoms with Gasteiger partial charge in [0.1, 0.15) is 0 Å². The van der Waals surface area contributed by atoms with E-state index in [0.717, 1.165) is 19.5 Å². The number of nitrogens with zero attached hydrogens (tertiary/aromatic N) is 1. The highest BCUT2D eigenvalue weighted by atomic mass is 16.1. The second kappa shape index (κ2) is 3.35. The molecule has 1 rings (SSSR count). The van der Waals surface area contributed by atoms with Gasteiger partial charge >= 0.3 is 0 Å². The fraction of sp³-hybridized carbons (Fsp3) is 0.889. The van der Waals surface area contributed by atoms with E-state index in [2.05, 4.69) is 25.7 Å². The predicted molar refractivity (Wildman–Crippen MR) is 45.5 cm³/mol. The van der Waals surface area contributed by atoms with Crippen LogP contribution >= 0.6 is 0 Å². The average Bonchev–Trinajstić information content (AvgIpc) is 2.30. The summed E-state index contributed by atoms with van der Waals surface area (Å²) in [6, 6.07) is 0.208. The van der Waals surface area contributed by atoms with Gasteiger partial charge < -0.3 is 0 Å². The summed E-state index contributed by atoms with van der Waals surface area (Å²) < 4.78 is 0. The molecule has 0 bridgehead atoms. The second-order valence-corrected chi connectivity index (χ2v) is 3.53. The normalized spacial score (nSPS) is 26.9. The Hall–Kier alpha value is -0.370. The third-order valence-corrected chi connectivity index (χ3v) is 2.41. The van der Waals surface area contributed by atoms with Gasteiger partial charge in [-0.15, -0.1) is 0 Å². The molecule has 1 unspecified atom stereocenters. The fourth-order valence-electron chi connectivity index (χ4n) is 1.89. The molecule has 0 aromatic rings. The van der Waals surface area contributed by atoms with Crippen LogP contribution in [0.15, 0.2) is 0 Å². The summed E-state index contributed by atoms with van der Waals surface area (Å²) in [5.41, 5.74) is 0. The first-order valence-corrected chi connectivity index (χ1v) is 4.43. The highest BCUT2D eigenvalue weighted by molar-refractivity contribution is 5.86. The van der Waals surface area contributed by atoms with Gasteiger partial charge in [0.2, 0.25) is 0 Å². The first-order valence-electron chi connectivity index (χ1n) is 4.43. The van der Waals surface area contributed by atoms with Gasteiger partial charge in [-0.1, -0.05) is 20.8 Å². The SMILES string of the molecule is CCN1CCC(=O)C1C(C)C. The van der Waals surface area contributed by atoms with E-state index in [4.69, 9.17) is 0 Å². The molecule has 1 atom stereocenters. The van der Waals surface area contributed by atoms with Gasteiger partial charge in [-0.3, -0.25) is 9.69 Å². The van der Waals surface area contributed by atoms with Crippen LogP contribution in [0.4, 0.5) is 0 Å². The number of likely N-dealkylation sites (N-methyl/N-ethyl adjacent to an activating group) is 1. The molecule has 0 N–H and O–H groups in total. The topological polar surface area (TPSA) is 20.3 Å². The zero-order chi connectivity index (χ0) is 8.43. The molecule has 1 aliphatic heterocycles. The Morgan fingerprint density at radius 1 is 1.64 bits per heavy atom. The van der Waals surface area contributed by atoms with Crippen LogP contribution in [0, 0.1) is 5.92 Å². The number of Topliss-reactive ketones (excluding diaryl/α,β-unsaturated/α-hetero) is 1. The first kappa shape index (κ1) is 8.72. The summed E-state index contributed by atoms with van der Waals surface area (Å²) in [4.78, 5) is 13.6. The molecule has 0 aliphatic carbocycles. The highest BCUT2D eigenvalue weighted by Crippen LogP contribution is 2.19. The van der Waals surface area contributed by atoms with Crippen molar-refractivity contribution in [2.24, 2.45) is 5.92 Å². The van der Waals surface area contributed by atoms with Crippen LogP contribution in [0.2, 0.25) is 0 Å². The van der Waals surface area contributed by atoms with Gasteiger partial charge in [0.05, 0.1) is 6.04 Å². The van der Waals surface area contributed by atoms with E-state index in [1.54, 1.807) is 0 Å². The van der Waals surface area contributed by atoms with Gasteiger partial charge in [-0.25, -0.2) is 0 Å². The Labute approximate surface area is 68.6 Å². The number of hydrogen-bond acceptors (Lipinski definition) is 2. The molecule has 64 valence electrons. The minimum absolute atomic E-state index is 0.208. The Balaban J connectivity index is 2.63. The average molecular weight is 155 g/mol. The van der Waals surface area contributed by atoms with Crippen LogP contribution in [-0.2, 0) is 4.79 Å². The molecular formula is C9H17NO. The third kappa shape index (κ3) is 1.62. The van der Waals surface area contributed by atoms with Crippen molar-refractivity contribution in [1.82, 2.24) is 4.90 Å². The van der Waals surface area contributed by atoms with Crippen molar-refractivity contribution >= 4 is 5.78 Å². The maximum atomic E-state index is 11.3. The van der Waals surface area contributed by atoms with Crippen LogP contribution in [0.1, 0.15) is 27.2 Å². The zero-order valence-electron chi connectivity index (χ0n) is 7.63. The lowest BCUT2D eigenvalue weighted by Crippen LogP contribution is -2.37. The molecule has 11 heavy (non-hydrogen) atoms. The number of ketones is 1. The summed E-state index contributed by atoms with van der Waals surface area (Å²) in [5, 5.41) is 0. The summed E-state index contributed by atoms with van der Waals surface area (Å²) in [6.07, 6.45) is 0.761. The van der Waals surface area contributed by atoms with Crippen molar-refractivity contribution in [3.05, 3.63) is 0 Å². The lowest BCUT2D eigenvalue weighted by molar-refractivity contribution is -0.120. The molecule has 0 radical (unpaired) electrons. The number of rotatable bonds is 2. The Morgan fingerprint density at radius 3 is 2.64 bits per heavy atom. The van der Waals surface area contributed by atoms with Gasteiger partial charge in [0.25, 0.3) is 0 Å². The molecule has 1 aliphatic rings. The van der Waals surface area contributed by atoms with Crippen molar-refractivity contribution in [3.8, 4) is 0 Å². The van der Waals surface area contributed by atoms with E-state index >= 15 is 0 Å². The molecule has 0 saturated carbocycles. The molecule has 1 saturated heterocycles. The summed E-state index contributed by atoms with van der Waals surface area (Å²) >= 11 is 0.